The van der Waals surface area contributed by atoms with Gasteiger partial charge in [0, 0.05) is 11.1 Å². The number of benzene rings is 1. The summed E-state index contributed by atoms with van der Waals surface area (Å²) in [6.07, 6.45) is 1.54. The van der Waals surface area contributed by atoms with Crippen LogP contribution in [0.4, 0.5) is 5.82 Å². The van der Waals surface area contributed by atoms with Gasteiger partial charge in [0.25, 0.3) is 5.56 Å². The van der Waals surface area contributed by atoms with Crippen LogP contribution in [0.3, 0.4) is 0 Å². The molecular formula is C17H14N4O3. The molecule has 0 radical (unpaired) electrons. The maximum absolute atomic E-state index is 12.1. The van der Waals surface area contributed by atoms with Crippen LogP contribution in [0.15, 0.2) is 35.6 Å². The number of methoxy groups -OCH3 is 1. The topological polar surface area (TPSA) is 125 Å². The number of nitrogens with zero attached hydrogens (tertiary/aromatic N) is 2. The van der Waals surface area contributed by atoms with E-state index in [1.165, 1.54) is 7.11 Å². The van der Waals surface area contributed by atoms with E-state index >= 15 is 0 Å². The van der Waals surface area contributed by atoms with E-state index in [0.717, 1.165) is 0 Å². The van der Waals surface area contributed by atoms with Gasteiger partial charge in [0.1, 0.15) is 35.7 Å². The maximum Gasteiger partial charge on any atom is 0.268 e. The van der Waals surface area contributed by atoms with E-state index in [2.05, 4.69) is 11.6 Å². The van der Waals surface area contributed by atoms with Crippen molar-refractivity contribution in [2.24, 2.45) is 0 Å². The number of H-pyrrole nitrogens is 1. The van der Waals surface area contributed by atoms with Gasteiger partial charge in [0.05, 0.1) is 7.11 Å². The highest BCUT2D eigenvalue weighted by atomic mass is 16.5. The van der Waals surface area contributed by atoms with E-state index in [9.17, 15) is 15.3 Å². The highest BCUT2D eigenvalue weighted by molar-refractivity contribution is 5.85. The summed E-state index contributed by atoms with van der Waals surface area (Å²) in [5.41, 5.74) is 5.30. The van der Waals surface area contributed by atoms with E-state index in [1.807, 2.05) is 12.1 Å². The van der Waals surface area contributed by atoms with Gasteiger partial charge in [-0.2, -0.15) is 10.5 Å². The Labute approximate surface area is 138 Å². The third kappa shape index (κ3) is 2.79. The fourth-order valence-corrected chi connectivity index (χ4v) is 2.28. The molecule has 0 unspecified atom stereocenters. The number of pyridine rings is 1. The average Bonchev–Trinajstić information content (AvgIpc) is 2.59. The third-order valence-corrected chi connectivity index (χ3v) is 3.28. The van der Waals surface area contributed by atoms with Crippen molar-refractivity contribution in [2.75, 3.05) is 19.5 Å². The highest BCUT2D eigenvalue weighted by Gasteiger charge is 2.22. The Morgan fingerprint density at radius 2 is 2.04 bits per heavy atom. The van der Waals surface area contributed by atoms with Crippen LogP contribution in [0.2, 0.25) is 0 Å². The summed E-state index contributed by atoms with van der Waals surface area (Å²) < 4.78 is 10.9. The van der Waals surface area contributed by atoms with E-state index in [4.69, 9.17) is 15.2 Å². The number of nitrogen functional groups attached to an aromatic ring is 1. The molecule has 1 heterocycles. The van der Waals surface area contributed by atoms with Gasteiger partial charge in [-0.1, -0.05) is 24.8 Å². The minimum Gasteiger partial charge on any atom is -0.493 e. The number of ether oxygens (including phenoxy) is 2. The Balaban J connectivity index is 2.92. The molecule has 0 atom stereocenters. The van der Waals surface area contributed by atoms with Crippen molar-refractivity contribution in [2.45, 2.75) is 0 Å². The van der Waals surface area contributed by atoms with Crippen molar-refractivity contribution in [3.8, 4) is 34.8 Å². The Bertz CT molecular complexity index is 933. The number of hydrogen-bond donors (Lipinski definition) is 2. The summed E-state index contributed by atoms with van der Waals surface area (Å²) in [6.45, 7) is 3.76. The van der Waals surface area contributed by atoms with Crippen LogP contribution < -0.4 is 20.8 Å². The second-order valence-corrected chi connectivity index (χ2v) is 4.65. The number of aromatic nitrogens is 1. The van der Waals surface area contributed by atoms with Crippen LogP contribution in [0, 0.1) is 22.7 Å². The first kappa shape index (κ1) is 16.7. The highest BCUT2D eigenvalue weighted by Crippen LogP contribution is 2.40. The number of hydrogen-bond acceptors (Lipinski definition) is 6. The van der Waals surface area contributed by atoms with E-state index < -0.39 is 5.56 Å². The normalized spacial score (nSPS) is 9.62. The summed E-state index contributed by atoms with van der Waals surface area (Å²) in [4.78, 5) is 14.4. The van der Waals surface area contributed by atoms with Crippen LogP contribution in [0.1, 0.15) is 11.1 Å². The SMILES string of the molecule is C=CCOc1c(OC)cccc1-c1c(C#N)c(N)[nH]c(=O)c1C#N. The first-order chi connectivity index (χ1) is 11.6. The number of nitrogens with two attached hydrogens (primary N) is 1. The molecule has 0 spiro atoms. The molecule has 0 bridgehead atoms. The zero-order chi connectivity index (χ0) is 17.7. The third-order valence-electron chi connectivity index (χ3n) is 3.28. The summed E-state index contributed by atoms with van der Waals surface area (Å²) in [5.74, 6) is 0.563. The van der Waals surface area contributed by atoms with E-state index in [0.29, 0.717) is 11.3 Å². The largest absolute Gasteiger partial charge is 0.493 e. The smallest absolute Gasteiger partial charge is 0.268 e. The first-order valence-corrected chi connectivity index (χ1v) is 6.86. The fourth-order valence-electron chi connectivity index (χ4n) is 2.28. The van der Waals surface area contributed by atoms with Gasteiger partial charge in [-0.05, 0) is 6.07 Å². The van der Waals surface area contributed by atoms with Crippen molar-refractivity contribution < 1.29 is 9.47 Å². The zero-order valence-electron chi connectivity index (χ0n) is 12.9. The van der Waals surface area contributed by atoms with Gasteiger partial charge in [0.15, 0.2) is 11.5 Å². The van der Waals surface area contributed by atoms with Crippen LogP contribution in [0.5, 0.6) is 11.5 Å². The van der Waals surface area contributed by atoms with Gasteiger partial charge in [-0.3, -0.25) is 4.79 Å². The van der Waals surface area contributed by atoms with Crippen molar-refractivity contribution in [1.29, 1.82) is 10.5 Å². The Morgan fingerprint density at radius 1 is 1.33 bits per heavy atom. The molecule has 3 N–H and O–H groups in total. The molecule has 7 nitrogen and oxygen atoms in total. The predicted molar refractivity (Wildman–Crippen MR) is 88.6 cm³/mol. The molecule has 120 valence electrons. The van der Waals surface area contributed by atoms with Crippen molar-refractivity contribution in [3.63, 3.8) is 0 Å². The molecule has 2 aromatic rings. The standard InChI is InChI=1S/C17H14N4O3/c1-3-7-24-15-10(5-4-6-13(15)23-2)14-11(8-18)16(20)21-17(22)12(14)9-19/h3-6H,1,7H2,2H3,(H3,20,21,22). The second-order valence-electron chi connectivity index (χ2n) is 4.65. The fraction of sp³-hybridized carbons (Fsp3) is 0.118. The number of rotatable bonds is 5. The van der Waals surface area contributed by atoms with Gasteiger partial charge in [0.2, 0.25) is 0 Å². The molecule has 24 heavy (non-hydrogen) atoms. The zero-order valence-corrected chi connectivity index (χ0v) is 12.9. The minimum absolute atomic E-state index is 0.0112. The number of para-hydroxylation sites is 1. The summed E-state index contributed by atoms with van der Waals surface area (Å²) in [7, 11) is 1.46. The first-order valence-electron chi connectivity index (χ1n) is 6.86. The van der Waals surface area contributed by atoms with Crippen LogP contribution in [0.25, 0.3) is 11.1 Å². The van der Waals surface area contributed by atoms with Gasteiger partial charge >= 0.3 is 0 Å². The monoisotopic (exact) mass is 322 g/mol. The lowest BCUT2D eigenvalue weighted by Crippen LogP contribution is -2.16. The van der Waals surface area contributed by atoms with Crippen molar-refractivity contribution >= 4 is 5.82 Å². The van der Waals surface area contributed by atoms with E-state index in [-0.39, 0.29) is 34.9 Å². The molecule has 0 saturated carbocycles. The Morgan fingerprint density at radius 3 is 2.62 bits per heavy atom. The molecule has 2 rings (SSSR count). The summed E-state index contributed by atoms with van der Waals surface area (Å²) in [5, 5.41) is 18.8. The maximum atomic E-state index is 12.1. The van der Waals surface area contributed by atoms with Crippen LogP contribution in [-0.2, 0) is 0 Å². The predicted octanol–water partition coefficient (Wildman–Crippen LogP) is 1.94. The molecule has 0 fully saturated rings. The number of anilines is 1. The Hall–Kier alpha value is -3.71. The number of nitrogens with one attached hydrogen (secondary N) is 1. The molecule has 0 amide bonds. The van der Waals surface area contributed by atoms with Gasteiger partial charge in [-0.15, -0.1) is 0 Å². The molecule has 0 saturated heterocycles. The summed E-state index contributed by atoms with van der Waals surface area (Å²) in [6, 6.07) is 8.69. The lowest BCUT2D eigenvalue weighted by molar-refractivity contribution is 0.328. The molecule has 7 heteroatoms. The van der Waals surface area contributed by atoms with Gasteiger partial charge in [-0.25, -0.2) is 0 Å². The minimum atomic E-state index is -0.679. The molecule has 0 aliphatic rings. The second kappa shape index (κ2) is 7.03. The molecule has 1 aromatic carbocycles. The van der Waals surface area contributed by atoms with Gasteiger partial charge < -0.3 is 20.2 Å². The average molecular weight is 322 g/mol. The molecular weight excluding hydrogens is 308 g/mol. The molecule has 0 aliphatic heterocycles. The molecule has 1 aromatic heterocycles. The number of nitriles is 2. The van der Waals surface area contributed by atoms with E-state index in [1.54, 1.807) is 24.3 Å². The lowest BCUT2D eigenvalue weighted by Gasteiger charge is -2.16. The van der Waals surface area contributed by atoms with Crippen LogP contribution >= 0.6 is 0 Å². The summed E-state index contributed by atoms with van der Waals surface area (Å²) >= 11 is 0. The molecule has 0 aliphatic carbocycles. The van der Waals surface area contributed by atoms with Crippen molar-refractivity contribution in [1.82, 2.24) is 4.98 Å². The number of aromatic amines is 1. The Kier molecular flexibility index (Phi) is 4.88. The quantitative estimate of drug-likeness (QED) is 0.810. The van der Waals surface area contributed by atoms with Crippen LogP contribution in [-0.4, -0.2) is 18.7 Å². The van der Waals surface area contributed by atoms with Crippen molar-refractivity contribution in [3.05, 3.63) is 52.3 Å². The lowest BCUT2D eigenvalue weighted by atomic mass is 9.95.